The first-order chi connectivity index (χ1) is 9.81. The molecule has 6 heteroatoms. The lowest BCUT2D eigenvalue weighted by molar-refractivity contribution is 0.0523. The lowest BCUT2D eigenvalue weighted by Crippen LogP contribution is -2.32. The SMILES string of the molecule is COCCOc1cc(CNC(=O)OC(C)(C)C)ccc1F. The Balaban J connectivity index is 2.55. The smallest absolute Gasteiger partial charge is 0.407 e. The normalized spacial score (nSPS) is 11.1. The average molecular weight is 299 g/mol. The summed E-state index contributed by atoms with van der Waals surface area (Å²) >= 11 is 0. The van der Waals surface area contributed by atoms with E-state index in [2.05, 4.69) is 5.32 Å². The molecule has 0 saturated carbocycles. The molecule has 0 spiro atoms. The number of nitrogens with one attached hydrogen (secondary N) is 1. The van der Waals surface area contributed by atoms with Gasteiger partial charge in [-0.05, 0) is 38.5 Å². The van der Waals surface area contributed by atoms with Gasteiger partial charge in [0.2, 0.25) is 0 Å². The van der Waals surface area contributed by atoms with E-state index in [-0.39, 0.29) is 18.9 Å². The molecular weight excluding hydrogens is 277 g/mol. The highest BCUT2D eigenvalue weighted by Gasteiger charge is 2.15. The van der Waals surface area contributed by atoms with E-state index in [1.54, 1.807) is 40.0 Å². The predicted molar refractivity (Wildman–Crippen MR) is 76.8 cm³/mol. The van der Waals surface area contributed by atoms with Crippen molar-refractivity contribution in [2.24, 2.45) is 0 Å². The van der Waals surface area contributed by atoms with E-state index >= 15 is 0 Å². The third kappa shape index (κ3) is 6.94. The maximum absolute atomic E-state index is 13.5. The van der Waals surface area contributed by atoms with Crippen LogP contribution in [0.4, 0.5) is 9.18 Å². The molecule has 0 heterocycles. The maximum atomic E-state index is 13.5. The van der Waals surface area contributed by atoms with Crippen LogP contribution in [0, 0.1) is 5.82 Å². The van der Waals surface area contributed by atoms with Crippen LogP contribution >= 0.6 is 0 Å². The summed E-state index contributed by atoms with van der Waals surface area (Å²) in [6, 6.07) is 4.42. The number of carbonyl (C=O) groups excluding carboxylic acids is 1. The molecule has 1 amide bonds. The lowest BCUT2D eigenvalue weighted by atomic mass is 10.2. The quantitative estimate of drug-likeness (QED) is 0.821. The van der Waals surface area contributed by atoms with Crippen LogP contribution in [0.1, 0.15) is 26.3 Å². The Bertz CT molecular complexity index is 471. The van der Waals surface area contributed by atoms with Crippen molar-refractivity contribution in [1.82, 2.24) is 5.32 Å². The van der Waals surface area contributed by atoms with E-state index in [9.17, 15) is 9.18 Å². The number of benzene rings is 1. The number of amides is 1. The Morgan fingerprint density at radius 3 is 2.62 bits per heavy atom. The summed E-state index contributed by atoms with van der Waals surface area (Å²) in [5, 5.41) is 2.61. The number of carbonyl (C=O) groups is 1. The third-order valence-corrected chi connectivity index (χ3v) is 2.38. The molecule has 0 aromatic heterocycles. The molecule has 1 aromatic carbocycles. The summed E-state index contributed by atoms with van der Waals surface area (Å²) < 4.78 is 28.8. The second-order valence-electron chi connectivity index (χ2n) is 5.46. The van der Waals surface area contributed by atoms with Gasteiger partial charge in [0, 0.05) is 13.7 Å². The summed E-state index contributed by atoms with van der Waals surface area (Å²) in [4.78, 5) is 11.5. The second-order valence-corrected chi connectivity index (χ2v) is 5.46. The Labute approximate surface area is 124 Å². The van der Waals surface area contributed by atoms with Crippen molar-refractivity contribution in [1.29, 1.82) is 0 Å². The van der Waals surface area contributed by atoms with Gasteiger partial charge in [-0.15, -0.1) is 0 Å². The van der Waals surface area contributed by atoms with Crippen molar-refractivity contribution in [3.05, 3.63) is 29.6 Å². The molecule has 118 valence electrons. The number of hydrogen-bond acceptors (Lipinski definition) is 4. The van der Waals surface area contributed by atoms with Crippen LogP contribution in [0.5, 0.6) is 5.75 Å². The molecule has 0 unspecified atom stereocenters. The zero-order valence-corrected chi connectivity index (χ0v) is 12.9. The summed E-state index contributed by atoms with van der Waals surface area (Å²) in [7, 11) is 1.54. The molecule has 0 bridgehead atoms. The van der Waals surface area contributed by atoms with Gasteiger partial charge in [-0.25, -0.2) is 9.18 Å². The molecule has 5 nitrogen and oxygen atoms in total. The van der Waals surface area contributed by atoms with Crippen molar-refractivity contribution in [2.45, 2.75) is 32.9 Å². The first kappa shape index (κ1) is 17.2. The third-order valence-electron chi connectivity index (χ3n) is 2.38. The minimum absolute atomic E-state index is 0.135. The molecule has 0 fully saturated rings. The number of halogens is 1. The predicted octanol–water partition coefficient (Wildman–Crippen LogP) is 2.88. The summed E-state index contributed by atoms with van der Waals surface area (Å²) in [6.45, 7) is 6.22. The molecule has 1 rings (SSSR count). The van der Waals surface area contributed by atoms with Gasteiger partial charge in [0.1, 0.15) is 12.2 Å². The van der Waals surface area contributed by atoms with Gasteiger partial charge in [-0.3, -0.25) is 0 Å². The van der Waals surface area contributed by atoms with Gasteiger partial charge in [-0.2, -0.15) is 0 Å². The van der Waals surface area contributed by atoms with E-state index in [0.717, 1.165) is 5.56 Å². The zero-order chi connectivity index (χ0) is 15.9. The standard InChI is InChI=1S/C15H22FNO4/c1-15(2,3)21-14(18)17-10-11-5-6-12(16)13(9-11)20-8-7-19-4/h5-6,9H,7-8,10H2,1-4H3,(H,17,18). The summed E-state index contributed by atoms with van der Waals surface area (Å²) in [5.74, 6) is -0.317. The van der Waals surface area contributed by atoms with Crippen LogP contribution in [-0.2, 0) is 16.0 Å². The van der Waals surface area contributed by atoms with Crippen molar-refractivity contribution in [3.63, 3.8) is 0 Å². The van der Waals surface area contributed by atoms with Crippen LogP contribution < -0.4 is 10.1 Å². The van der Waals surface area contributed by atoms with E-state index in [0.29, 0.717) is 6.61 Å². The number of hydrogen-bond donors (Lipinski definition) is 1. The van der Waals surface area contributed by atoms with Crippen molar-refractivity contribution < 1.29 is 23.4 Å². The van der Waals surface area contributed by atoms with Crippen LogP contribution in [0.2, 0.25) is 0 Å². The van der Waals surface area contributed by atoms with Crippen LogP contribution in [0.15, 0.2) is 18.2 Å². The fraction of sp³-hybridized carbons (Fsp3) is 0.533. The summed E-state index contributed by atoms with van der Waals surface area (Å²) in [5.41, 5.74) is 0.163. The fourth-order valence-electron chi connectivity index (χ4n) is 1.49. The van der Waals surface area contributed by atoms with Crippen molar-refractivity contribution in [2.75, 3.05) is 20.3 Å². The van der Waals surface area contributed by atoms with Crippen LogP contribution in [0.25, 0.3) is 0 Å². The first-order valence-corrected chi connectivity index (χ1v) is 6.69. The second kappa shape index (κ2) is 7.83. The molecule has 0 radical (unpaired) electrons. The molecule has 0 aliphatic carbocycles. The van der Waals surface area contributed by atoms with Crippen molar-refractivity contribution >= 4 is 6.09 Å². The van der Waals surface area contributed by atoms with Gasteiger partial charge in [0.15, 0.2) is 11.6 Å². The van der Waals surface area contributed by atoms with Gasteiger partial charge in [0.05, 0.1) is 6.61 Å². The Hall–Kier alpha value is -1.82. The Morgan fingerprint density at radius 1 is 1.29 bits per heavy atom. The highest BCUT2D eigenvalue weighted by molar-refractivity contribution is 5.67. The van der Waals surface area contributed by atoms with Gasteiger partial charge in [0.25, 0.3) is 0 Å². The monoisotopic (exact) mass is 299 g/mol. The Kier molecular flexibility index (Phi) is 6.42. The lowest BCUT2D eigenvalue weighted by Gasteiger charge is -2.19. The summed E-state index contributed by atoms with van der Waals surface area (Å²) in [6.07, 6.45) is -0.520. The molecule has 0 aliphatic heterocycles. The van der Waals surface area contributed by atoms with Gasteiger partial charge < -0.3 is 19.5 Å². The first-order valence-electron chi connectivity index (χ1n) is 6.69. The minimum Gasteiger partial charge on any atom is -0.488 e. The van der Waals surface area contributed by atoms with E-state index in [4.69, 9.17) is 14.2 Å². The molecular formula is C15H22FNO4. The van der Waals surface area contributed by atoms with Gasteiger partial charge in [-0.1, -0.05) is 6.07 Å². The van der Waals surface area contributed by atoms with E-state index in [1.165, 1.54) is 6.07 Å². The average Bonchev–Trinajstić information content (AvgIpc) is 2.37. The van der Waals surface area contributed by atoms with Gasteiger partial charge >= 0.3 is 6.09 Å². The van der Waals surface area contributed by atoms with E-state index < -0.39 is 17.5 Å². The largest absolute Gasteiger partial charge is 0.488 e. The molecule has 1 aromatic rings. The molecule has 0 atom stereocenters. The van der Waals surface area contributed by atoms with E-state index in [1.807, 2.05) is 0 Å². The topological polar surface area (TPSA) is 56.8 Å². The van der Waals surface area contributed by atoms with Crippen molar-refractivity contribution in [3.8, 4) is 5.75 Å². The number of alkyl carbamates (subject to hydrolysis) is 1. The molecule has 1 N–H and O–H groups in total. The molecule has 21 heavy (non-hydrogen) atoms. The van der Waals surface area contributed by atoms with Crippen LogP contribution in [-0.4, -0.2) is 32.0 Å². The van der Waals surface area contributed by atoms with Crippen LogP contribution in [0.3, 0.4) is 0 Å². The minimum atomic E-state index is -0.554. The number of rotatable bonds is 6. The maximum Gasteiger partial charge on any atom is 0.407 e. The highest BCUT2D eigenvalue weighted by atomic mass is 19.1. The Morgan fingerprint density at radius 2 is 2.00 bits per heavy atom. The highest BCUT2D eigenvalue weighted by Crippen LogP contribution is 2.19. The number of methoxy groups -OCH3 is 1. The fourth-order valence-corrected chi connectivity index (χ4v) is 1.49. The molecule has 0 saturated heterocycles. The molecule has 0 aliphatic rings. The zero-order valence-electron chi connectivity index (χ0n) is 12.9. The number of ether oxygens (including phenoxy) is 3.